The van der Waals surface area contributed by atoms with Gasteiger partial charge in [-0.3, -0.25) is 9.59 Å². The van der Waals surface area contributed by atoms with E-state index in [0.29, 0.717) is 22.8 Å². The molecule has 0 bridgehead atoms. The number of rotatable bonds is 5. The third-order valence-corrected chi connectivity index (χ3v) is 4.29. The van der Waals surface area contributed by atoms with Crippen molar-refractivity contribution in [2.75, 3.05) is 18.9 Å². The van der Waals surface area contributed by atoms with Crippen LogP contribution in [0, 0.1) is 0 Å². The summed E-state index contributed by atoms with van der Waals surface area (Å²) < 4.78 is 0. The Morgan fingerprint density at radius 2 is 1.88 bits per heavy atom. The van der Waals surface area contributed by atoms with Crippen LogP contribution >= 0.6 is 11.6 Å². The SMILES string of the molecule is CN(CC(=O)Nc1ccccc1Cl)C(=O)C1=NOC(c2ccccc2)C1. The van der Waals surface area contributed by atoms with Gasteiger partial charge in [0.05, 0.1) is 17.3 Å². The van der Waals surface area contributed by atoms with Crippen molar-refractivity contribution < 1.29 is 14.4 Å². The molecule has 1 N–H and O–H groups in total. The minimum atomic E-state index is -0.340. The van der Waals surface area contributed by atoms with Gasteiger partial charge < -0.3 is 15.1 Å². The predicted octanol–water partition coefficient (Wildman–Crippen LogP) is 3.25. The average molecular weight is 372 g/mol. The molecule has 0 aromatic heterocycles. The highest BCUT2D eigenvalue weighted by atomic mass is 35.5. The van der Waals surface area contributed by atoms with E-state index in [9.17, 15) is 9.59 Å². The second kappa shape index (κ2) is 8.01. The molecule has 2 aromatic rings. The Labute approximate surface area is 156 Å². The second-order valence-electron chi connectivity index (χ2n) is 5.94. The number of amides is 2. The maximum atomic E-state index is 12.5. The van der Waals surface area contributed by atoms with E-state index in [1.54, 1.807) is 31.3 Å². The number of para-hydroxylation sites is 1. The first kappa shape index (κ1) is 17.9. The Hall–Kier alpha value is -2.86. The Bertz CT molecular complexity index is 839. The van der Waals surface area contributed by atoms with Crippen LogP contribution in [0.3, 0.4) is 0 Å². The lowest BCUT2D eigenvalue weighted by atomic mass is 10.0. The standard InChI is InChI=1S/C19H18ClN3O3/c1-23(12-18(24)21-15-10-6-5-9-14(15)20)19(25)16-11-17(26-22-16)13-7-3-2-4-8-13/h2-10,17H,11-12H2,1H3,(H,21,24). The van der Waals surface area contributed by atoms with Crippen LogP contribution < -0.4 is 5.32 Å². The number of carbonyl (C=O) groups excluding carboxylic acids is 2. The van der Waals surface area contributed by atoms with Crippen LogP contribution in [-0.2, 0) is 14.4 Å². The molecular formula is C19H18ClN3O3. The van der Waals surface area contributed by atoms with Crippen molar-refractivity contribution in [3.63, 3.8) is 0 Å². The summed E-state index contributed by atoms with van der Waals surface area (Å²) in [6, 6.07) is 16.5. The van der Waals surface area contributed by atoms with Crippen LogP contribution in [0.2, 0.25) is 5.02 Å². The third-order valence-electron chi connectivity index (χ3n) is 3.96. The average Bonchev–Trinajstić information content (AvgIpc) is 3.14. The molecule has 7 heteroatoms. The third kappa shape index (κ3) is 4.21. The maximum absolute atomic E-state index is 12.5. The molecule has 2 amide bonds. The van der Waals surface area contributed by atoms with E-state index >= 15 is 0 Å². The molecule has 26 heavy (non-hydrogen) atoms. The predicted molar refractivity (Wildman–Crippen MR) is 100 cm³/mol. The monoisotopic (exact) mass is 371 g/mol. The van der Waals surface area contributed by atoms with Crippen molar-refractivity contribution in [1.82, 2.24) is 4.90 Å². The normalized spacial score (nSPS) is 15.8. The molecule has 1 aliphatic rings. The van der Waals surface area contributed by atoms with Crippen molar-refractivity contribution in [2.24, 2.45) is 5.16 Å². The number of halogens is 1. The van der Waals surface area contributed by atoms with E-state index in [4.69, 9.17) is 16.4 Å². The van der Waals surface area contributed by atoms with Crippen molar-refractivity contribution in [1.29, 1.82) is 0 Å². The topological polar surface area (TPSA) is 71.0 Å². The number of nitrogens with zero attached hydrogens (tertiary/aromatic N) is 2. The van der Waals surface area contributed by atoms with Crippen molar-refractivity contribution in [2.45, 2.75) is 12.5 Å². The molecule has 3 rings (SSSR count). The first-order valence-electron chi connectivity index (χ1n) is 8.12. The number of hydrogen-bond acceptors (Lipinski definition) is 4. The fraction of sp³-hybridized carbons (Fsp3) is 0.211. The Morgan fingerprint density at radius 3 is 2.62 bits per heavy atom. The minimum absolute atomic E-state index is 0.112. The van der Waals surface area contributed by atoms with E-state index in [2.05, 4.69) is 10.5 Å². The Morgan fingerprint density at radius 1 is 1.19 bits per heavy atom. The summed E-state index contributed by atoms with van der Waals surface area (Å²) in [6.07, 6.45) is 0.0970. The number of likely N-dealkylation sites (N-methyl/N-ethyl adjacent to an activating group) is 1. The van der Waals surface area contributed by atoms with Gasteiger partial charge in [0, 0.05) is 13.5 Å². The molecule has 1 aliphatic heterocycles. The van der Waals surface area contributed by atoms with E-state index < -0.39 is 0 Å². The number of anilines is 1. The zero-order valence-corrected chi connectivity index (χ0v) is 14.9. The Balaban J connectivity index is 1.55. The lowest BCUT2D eigenvalue weighted by molar-refractivity contribution is -0.127. The largest absolute Gasteiger partial charge is 0.387 e. The molecule has 134 valence electrons. The summed E-state index contributed by atoms with van der Waals surface area (Å²) in [7, 11) is 1.55. The molecule has 0 saturated heterocycles. The maximum Gasteiger partial charge on any atom is 0.272 e. The molecule has 1 heterocycles. The van der Waals surface area contributed by atoms with E-state index in [1.807, 2.05) is 30.3 Å². The van der Waals surface area contributed by atoms with Gasteiger partial charge in [-0.1, -0.05) is 59.2 Å². The molecule has 0 spiro atoms. The van der Waals surface area contributed by atoms with Gasteiger partial charge in [-0.2, -0.15) is 0 Å². The fourth-order valence-corrected chi connectivity index (χ4v) is 2.79. The minimum Gasteiger partial charge on any atom is -0.387 e. The van der Waals surface area contributed by atoms with Crippen LogP contribution in [-0.4, -0.2) is 36.0 Å². The lowest BCUT2D eigenvalue weighted by Gasteiger charge is -2.16. The molecule has 1 atom stereocenters. The highest BCUT2D eigenvalue weighted by molar-refractivity contribution is 6.39. The summed E-state index contributed by atoms with van der Waals surface area (Å²) in [5.41, 5.74) is 1.76. The van der Waals surface area contributed by atoms with Crippen LogP contribution in [0.25, 0.3) is 0 Å². The quantitative estimate of drug-likeness (QED) is 0.876. The van der Waals surface area contributed by atoms with Gasteiger partial charge in [-0.25, -0.2) is 0 Å². The summed E-state index contributed by atoms with van der Waals surface area (Å²) in [6.45, 7) is -0.112. The first-order valence-corrected chi connectivity index (χ1v) is 8.50. The van der Waals surface area contributed by atoms with Crippen LogP contribution in [0.5, 0.6) is 0 Å². The number of carbonyl (C=O) groups is 2. The van der Waals surface area contributed by atoms with Crippen LogP contribution in [0.15, 0.2) is 59.8 Å². The number of nitrogens with one attached hydrogen (secondary N) is 1. The first-order chi connectivity index (χ1) is 12.5. The summed E-state index contributed by atoms with van der Waals surface area (Å²) in [5.74, 6) is -0.675. The Kier molecular flexibility index (Phi) is 5.53. The van der Waals surface area contributed by atoms with E-state index in [-0.39, 0.29) is 24.5 Å². The number of oxime groups is 1. The molecule has 0 saturated carbocycles. The van der Waals surface area contributed by atoms with E-state index in [0.717, 1.165) is 5.56 Å². The smallest absolute Gasteiger partial charge is 0.272 e. The summed E-state index contributed by atoms with van der Waals surface area (Å²) >= 11 is 6.01. The second-order valence-corrected chi connectivity index (χ2v) is 6.34. The summed E-state index contributed by atoms with van der Waals surface area (Å²) in [5, 5.41) is 7.02. The number of benzene rings is 2. The van der Waals surface area contributed by atoms with Crippen LogP contribution in [0.1, 0.15) is 18.1 Å². The molecule has 1 unspecified atom stereocenters. The fourth-order valence-electron chi connectivity index (χ4n) is 2.61. The van der Waals surface area contributed by atoms with Gasteiger partial charge in [0.2, 0.25) is 5.91 Å². The van der Waals surface area contributed by atoms with Crippen molar-refractivity contribution in [3.05, 3.63) is 65.2 Å². The molecule has 0 radical (unpaired) electrons. The van der Waals surface area contributed by atoms with E-state index in [1.165, 1.54) is 4.90 Å². The molecule has 0 aliphatic carbocycles. The van der Waals surface area contributed by atoms with Gasteiger partial charge in [-0.15, -0.1) is 0 Å². The zero-order chi connectivity index (χ0) is 18.5. The molecule has 2 aromatic carbocycles. The van der Waals surface area contributed by atoms with Gasteiger partial charge in [0.15, 0.2) is 6.10 Å². The molecule has 0 fully saturated rings. The van der Waals surface area contributed by atoms with Gasteiger partial charge in [0.1, 0.15) is 5.71 Å². The highest BCUT2D eigenvalue weighted by Gasteiger charge is 2.29. The van der Waals surface area contributed by atoms with Gasteiger partial charge in [-0.05, 0) is 17.7 Å². The lowest BCUT2D eigenvalue weighted by Crippen LogP contribution is -2.38. The molecule has 6 nitrogen and oxygen atoms in total. The molecular weight excluding hydrogens is 354 g/mol. The van der Waals surface area contributed by atoms with Gasteiger partial charge in [0.25, 0.3) is 5.91 Å². The van der Waals surface area contributed by atoms with Crippen LogP contribution in [0.4, 0.5) is 5.69 Å². The summed E-state index contributed by atoms with van der Waals surface area (Å²) in [4.78, 5) is 31.3. The van der Waals surface area contributed by atoms with Crippen molar-refractivity contribution >= 4 is 34.8 Å². The van der Waals surface area contributed by atoms with Gasteiger partial charge >= 0.3 is 0 Å². The highest BCUT2D eigenvalue weighted by Crippen LogP contribution is 2.27. The van der Waals surface area contributed by atoms with Crippen molar-refractivity contribution in [3.8, 4) is 0 Å². The number of hydrogen-bond donors (Lipinski definition) is 1. The zero-order valence-electron chi connectivity index (χ0n) is 14.2.